The predicted molar refractivity (Wildman–Crippen MR) is 72.4 cm³/mol. The number of rotatable bonds is 4. The van der Waals surface area contributed by atoms with Crippen molar-refractivity contribution in [1.29, 1.82) is 0 Å². The molecule has 0 heterocycles. The highest BCUT2D eigenvalue weighted by Gasteiger charge is 2.15. The Kier molecular flexibility index (Phi) is 5.58. The molecule has 16 heavy (non-hydrogen) atoms. The highest BCUT2D eigenvalue weighted by molar-refractivity contribution is 9.10. The molecule has 3 nitrogen and oxygen atoms in total. The molecule has 1 atom stereocenters. The molecule has 0 bridgehead atoms. The number of carbonyl (C=O) groups is 1. The van der Waals surface area contributed by atoms with Gasteiger partial charge < -0.3 is 10.1 Å². The quantitative estimate of drug-likeness (QED) is 0.651. The Morgan fingerprint density at radius 1 is 1.62 bits per heavy atom. The Balaban J connectivity index is 2.60. The summed E-state index contributed by atoms with van der Waals surface area (Å²) < 4.78 is 5.51. The lowest BCUT2D eigenvalue weighted by Gasteiger charge is -2.11. The van der Waals surface area contributed by atoms with Crippen LogP contribution in [0, 0.1) is 0 Å². The number of alkyl halides is 1. The predicted octanol–water partition coefficient (Wildman–Crippen LogP) is 3.45. The number of esters is 1. The fraction of sp³-hybridized carbons (Fsp3) is 0.300. The van der Waals surface area contributed by atoms with E-state index in [-0.39, 0.29) is 5.97 Å². The zero-order valence-electron chi connectivity index (χ0n) is 8.47. The molecule has 1 aromatic rings. The summed E-state index contributed by atoms with van der Waals surface area (Å²) in [6.45, 7) is 0.406. The number of hydrogen-bond donors (Lipinski definition) is 1. The largest absolute Gasteiger partial charge is 0.468 e. The Morgan fingerprint density at radius 3 is 2.94 bits per heavy atom. The van der Waals surface area contributed by atoms with Crippen molar-refractivity contribution in [3.8, 4) is 0 Å². The molecule has 0 fully saturated rings. The Morgan fingerprint density at radius 2 is 2.31 bits per heavy atom. The number of methoxy groups -OCH3 is 1. The van der Waals surface area contributed by atoms with E-state index in [2.05, 4.69) is 41.9 Å². The third kappa shape index (κ3) is 3.96. The third-order valence-electron chi connectivity index (χ3n) is 1.86. The number of nitrogens with one attached hydrogen (secondary N) is 1. The minimum absolute atomic E-state index is 0.321. The van der Waals surface area contributed by atoms with Crippen LogP contribution in [-0.4, -0.2) is 24.5 Å². The summed E-state index contributed by atoms with van der Waals surface area (Å²) in [5, 5.41) is 3.66. The molecule has 0 aromatic heterocycles. The highest BCUT2D eigenvalue weighted by Crippen LogP contribution is 2.25. The van der Waals surface area contributed by atoms with E-state index in [0.717, 1.165) is 10.2 Å². The van der Waals surface area contributed by atoms with Gasteiger partial charge in [0.15, 0.2) is 0 Å². The van der Waals surface area contributed by atoms with Gasteiger partial charge in [0.25, 0.3) is 0 Å². The summed E-state index contributed by atoms with van der Waals surface area (Å²) in [6, 6.07) is 5.47. The SMILES string of the molecule is COC(=O)C(Br)CNc1cc(Br)ccc1Cl. The fourth-order valence-electron chi connectivity index (χ4n) is 1.04. The lowest BCUT2D eigenvalue weighted by Crippen LogP contribution is -2.24. The van der Waals surface area contributed by atoms with E-state index >= 15 is 0 Å². The average Bonchev–Trinajstić information content (AvgIpc) is 2.28. The third-order valence-corrected chi connectivity index (χ3v) is 3.38. The standard InChI is InChI=1S/C10H10Br2ClNO2/c1-16-10(15)7(12)5-14-9-4-6(11)2-3-8(9)13/h2-4,7,14H,5H2,1H3. The number of benzene rings is 1. The molecule has 0 spiro atoms. The molecule has 0 aliphatic heterocycles. The van der Waals surface area contributed by atoms with Gasteiger partial charge in [-0.2, -0.15) is 0 Å². The number of anilines is 1. The van der Waals surface area contributed by atoms with Crippen LogP contribution in [0.3, 0.4) is 0 Å². The monoisotopic (exact) mass is 369 g/mol. The number of halogens is 3. The molecule has 0 aliphatic rings. The van der Waals surface area contributed by atoms with Crippen LogP contribution < -0.4 is 5.32 Å². The maximum atomic E-state index is 11.1. The lowest BCUT2D eigenvalue weighted by atomic mass is 10.3. The van der Waals surface area contributed by atoms with Gasteiger partial charge in [-0.25, -0.2) is 0 Å². The topological polar surface area (TPSA) is 38.3 Å². The molecule has 0 saturated heterocycles. The van der Waals surface area contributed by atoms with Gasteiger partial charge in [0.05, 0.1) is 17.8 Å². The van der Waals surface area contributed by atoms with Crippen molar-refractivity contribution in [2.45, 2.75) is 4.83 Å². The second kappa shape index (κ2) is 6.47. The molecule has 1 aromatic carbocycles. The smallest absolute Gasteiger partial charge is 0.321 e. The van der Waals surface area contributed by atoms with Gasteiger partial charge in [-0.05, 0) is 18.2 Å². The van der Waals surface area contributed by atoms with Crippen LogP contribution in [0.2, 0.25) is 5.02 Å². The van der Waals surface area contributed by atoms with E-state index < -0.39 is 4.83 Å². The van der Waals surface area contributed by atoms with Crippen molar-refractivity contribution < 1.29 is 9.53 Å². The molecular weight excluding hydrogens is 361 g/mol. The second-order valence-electron chi connectivity index (χ2n) is 3.00. The van der Waals surface area contributed by atoms with Crippen LogP contribution in [0.15, 0.2) is 22.7 Å². The summed E-state index contributed by atoms with van der Waals surface area (Å²) in [5.41, 5.74) is 0.768. The van der Waals surface area contributed by atoms with Crippen LogP contribution in [0.5, 0.6) is 0 Å². The fourth-order valence-corrected chi connectivity index (χ4v) is 1.94. The Bertz CT molecular complexity index is 387. The van der Waals surface area contributed by atoms with Gasteiger partial charge in [-0.15, -0.1) is 0 Å². The highest BCUT2D eigenvalue weighted by atomic mass is 79.9. The summed E-state index contributed by atoms with van der Waals surface area (Å²) in [7, 11) is 1.35. The second-order valence-corrected chi connectivity index (χ2v) is 5.42. The molecule has 1 N–H and O–H groups in total. The molecule has 1 unspecified atom stereocenters. The van der Waals surface area contributed by atoms with E-state index in [4.69, 9.17) is 11.6 Å². The van der Waals surface area contributed by atoms with Crippen LogP contribution in [0.25, 0.3) is 0 Å². The van der Waals surface area contributed by atoms with Crippen molar-refractivity contribution >= 4 is 55.1 Å². The maximum Gasteiger partial charge on any atom is 0.321 e. The maximum absolute atomic E-state index is 11.1. The minimum atomic E-state index is -0.396. The van der Waals surface area contributed by atoms with Crippen LogP contribution in [0.4, 0.5) is 5.69 Å². The Labute approximate surface area is 116 Å². The number of hydrogen-bond acceptors (Lipinski definition) is 3. The first-order chi connectivity index (χ1) is 7.54. The first-order valence-electron chi connectivity index (χ1n) is 4.45. The summed E-state index contributed by atoms with van der Waals surface area (Å²) in [4.78, 5) is 10.7. The van der Waals surface area contributed by atoms with Crippen molar-refractivity contribution in [2.75, 3.05) is 19.0 Å². The van der Waals surface area contributed by atoms with Gasteiger partial charge in [0.1, 0.15) is 4.83 Å². The summed E-state index contributed by atoms with van der Waals surface area (Å²) in [5.74, 6) is -0.321. The van der Waals surface area contributed by atoms with Gasteiger partial charge in [-0.3, -0.25) is 4.79 Å². The van der Waals surface area contributed by atoms with Gasteiger partial charge in [0.2, 0.25) is 0 Å². The molecule has 6 heteroatoms. The van der Waals surface area contributed by atoms with Crippen molar-refractivity contribution in [2.24, 2.45) is 0 Å². The molecule has 0 saturated carbocycles. The lowest BCUT2D eigenvalue weighted by molar-refractivity contribution is -0.139. The van der Waals surface area contributed by atoms with Crippen molar-refractivity contribution in [3.05, 3.63) is 27.7 Å². The van der Waals surface area contributed by atoms with Crippen LogP contribution in [-0.2, 0) is 9.53 Å². The molecule has 0 amide bonds. The van der Waals surface area contributed by atoms with E-state index in [0.29, 0.717) is 11.6 Å². The van der Waals surface area contributed by atoms with E-state index in [9.17, 15) is 4.79 Å². The normalized spacial score (nSPS) is 12.0. The van der Waals surface area contributed by atoms with Crippen LogP contribution in [0.1, 0.15) is 0 Å². The van der Waals surface area contributed by atoms with Gasteiger partial charge >= 0.3 is 5.97 Å². The molecule has 88 valence electrons. The molecule has 0 radical (unpaired) electrons. The zero-order valence-corrected chi connectivity index (χ0v) is 12.4. The molecular formula is C10H10Br2ClNO2. The summed E-state index contributed by atoms with van der Waals surface area (Å²) >= 11 is 12.5. The average molecular weight is 371 g/mol. The first-order valence-corrected chi connectivity index (χ1v) is 6.54. The van der Waals surface area contributed by atoms with Crippen LogP contribution >= 0.6 is 43.5 Å². The van der Waals surface area contributed by atoms with Crippen molar-refractivity contribution in [1.82, 2.24) is 0 Å². The van der Waals surface area contributed by atoms with E-state index in [1.54, 1.807) is 6.07 Å². The first kappa shape index (κ1) is 13.8. The minimum Gasteiger partial charge on any atom is -0.468 e. The van der Waals surface area contributed by atoms with Gasteiger partial charge in [-0.1, -0.05) is 43.5 Å². The number of ether oxygens (including phenoxy) is 1. The number of carbonyl (C=O) groups excluding carboxylic acids is 1. The van der Waals surface area contributed by atoms with Gasteiger partial charge in [0, 0.05) is 11.0 Å². The van der Waals surface area contributed by atoms with Crippen molar-refractivity contribution in [3.63, 3.8) is 0 Å². The zero-order chi connectivity index (χ0) is 12.1. The Hall–Kier alpha value is -0.260. The van der Waals surface area contributed by atoms with E-state index in [1.807, 2.05) is 12.1 Å². The molecule has 1 rings (SSSR count). The summed E-state index contributed by atoms with van der Waals surface area (Å²) in [6.07, 6.45) is 0. The molecule has 0 aliphatic carbocycles. The van der Waals surface area contributed by atoms with E-state index in [1.165, 1.54) is 7.11 Å².